The summed E-state index contributed by atoms with van der Waals surface area (Å²) in [5.41, 5.74) is 1.74. The molecule has 1 unspecified atom stereocenters. The summed E-state index contributed by atoms with van der Waals surface area (Å²) in [5, 5.41) is 3.44. The van der Waals surface area contributed by atoms with Crippen molar-refractivity contribution in [2.75, 3.05) is 26.2 Å². The lowest BCUT2D eigenvalue weighted by Gasteiger charge is -2.39. The van der Waals surface area contributed by atoms with Crippen molar-refractivity contribution in [3.05, 3.63) is 70.1 Å². The molecule has 8 nitrogen and oxygen atoms in total. The number of aliphatic imine (C=N–C) groups is 1. The number of ether oxygens (including phenoxy) is 1. The molecule has 0 radical (unpaired) electrons. The molecule has 1 saturated heterocycles. The number of carbonyl (C=O) groups excluding carboxylic acids is 1. The number of aromatic nitrogens is 1. The number of hydrogen-bond acceptors (Lipinski definition) is 6. The highest BCUT2D eigenvalue weighted by Crippen LogP contribution is 2.19. The van der Waals surface area contributed by atoms with Crippen molar-refractivity contribution in [1.29, 1.82) is 0 Å². The van der Waals surface area contributed by atoms with E-state index in [-0.39, 0.29) is 41.7 Å². The van der Waals surface area contributed by atoms with Crippen molar-refractivity contribution >= 4 is 36.0 Å². The van der Waals surface area contributed by atoms with E-state index in [0.717, 1.165) is 23.6 Å². The molecule has 2 aliphatic heterocycles. The zero-order valence-electron chi connectivity index (χ0n) is 19.4. The Labute approximate surface area is 211 Å². The van der Waals surface area contributed by atoms with E-state index in [1.165, 1.54) is 0 Å². The lowest BCUT2D eigenvalue weighted by molar-refractivity contribution is 0.0137. The summed E-state index contributed by atoms with van der Waals surface area (Å²) in [5.74, 6) is 0.888. The highest BCUT2D eigenvalue weighted by Gasteiger charge is 2.36. The van der Waals surface area contributed by atoms with E-state index >= 15 is 0 Å². The van der Waals surface area contributed by atoms with Gasteiger partial charge < -0.3 is 24.4 Å². The number of benzene rings is 1. The Morgan fingerprint density at radius 3 is 2.55 bits per heavy atom. The largest absolute Gasteiger partial charge is 0.444 e. The lowest BCUT2D eigenvalue weighted by atomic mass is 10.1. The predicted octanol–water partition coefficient (Wildman–Crippen LogP) is 2.90. The van der Waals surface area contributed by atoms with Gasteiger partial charge in [0.15, 0.2) is 5.96 Å². The van der Waals surface area contributed by atoms with Crippen molar-refractivity contribution < 1.29 is 9.53 Å². The minimum absolute atomic E-state index is 0. The van der Waals surface area contributed by atoms with Gasteiger partial charge in [-0.3, -0.25) is 9.79 Å². The van der Waals surface area contributed by atoms with Crippen LogP contribution in [0.25, 0.3) is 0 Å². The highest BCUT2D eigenvalue weighted by atomic mass is 127. The SMILES string of the molecule is CC(C)(C)OC(=O)N1CCN2C(NCc3ccc(Cn4ccccc4=O)cc3)=NCC2C1.I. The molecule has 1 aromatic carbocycles. The standard InChI is InChI=1S/C24H31N5O3.HI/c1-24(2,3)32-23(31)28-12-13-29-20(17-28)15-26-22(29)25-14-18-7-9-19(10-8-18)16-27-11-5-4-6-21(27)30;/h4-11,20H,12-17H2,1-3H3,(H,25,26);1H. The second kappa shape index (κ2) is 10.6. The smallest absolute Gasteiger partial charge is 0.410 e. The fourth-order valence-corrected chi connectivity index (χ4v) is 3.95. The van der Waals surface area contributed by atoms with Crippen LogP contribution in [-0.4, -0.2) is 64.2 Å². The molecule has 0 saturated carbocycles. The zero-order chi connectivity index (χ0) is 22.7. The van der Waals surface area contributed by atoms with Crippen LogP contribution in [0.3, 0.4) is 0 Å². The third kappa shape index (κ3) is 6.49. The van der Waals surface area contributed by atoms with Crippen LogP contribution in [0.5, 0.6) is 0 Å². The predicted molar refractivity (Wildman–Crippen MR) is 139 cm³/mol. The van der Waals surface area contributed by atoms with Gasteiger partial charge in [-0.15, -0.1) is 24.0 Å². The molecular formula is C24H32IN5O3. The first-order chi connectivity index (χ1) is 15.3. The second-order valence-corrected chi connectivity index (χ2v) is 9.27. The van der Waals surface area contributed by atoms with Gasteiger partial charge in [-0.05, 0) is 38.0 Å². The van der Waals surface area contributed by atoms with Gasteiger partial charge in [0, 0.05) is 38.4 Å². The van der Waals surface area contributed by atoms with Crippen molar-refractivity contribution in [3.8, 4) is 0 Å². The van der Waals surface area contributed by atoms with Gasteiger partial charge in [-0.2, -0.15) is 0 Å². The van der Waals surface area contributed by atoms with Crippen LogP contribution in [0.4, 0.5) is 4.79 Å². The third-order valence-electron chi connectivity index (χ3n) is 5.58. The molecule has 178 valence electrons. The maximum Gasteiger partial charge on any atom is 0.410 e. The van der Waals surface area contributed by atoms with E-state index in [9.17, 15) is 9.59 Å². The molecule has 1 aromatic heterocycles. The minimum atomic E-state index is -0.486. The first-order valence-corrected chi connectivity index (χ1v) is 11.0. The van der Waals surface area contributed by atoms with E-state index in [4.69, 9.17) is 4.74 Å². The number of carbonyl (C=O) groups is 1. The van der Waals surface area contributed by atoms with Crippen LogP contribution in [0.15, 0.2) is 58.4 Å². The third-order valence-corrected chi connectivity index (χ3v) is 5.58. The fraction of sp³-hybridized carbons (Fsp3) is 0.458. The summed E-state index contributed by atoms with van der Waals surface area (Å²) in [7, 11) is 0. The maximum atomic E-state index is 12.4. The molecule has 0 bridgehead atoms. The summed E-state index contributed by atoms with van der Waals surface area (Å²) >= 11 is 0. The van der Waals surface area contributed by atoms with Gasteiger partial charge in [0.25, 0.3) is 5.56 Å². The molecule has 1 amide bonds. The van der Waals surface area contributed by atoms with Crippen molar-refractivity contribution in [2.45, 2.75) is 45.5 Å². The second-order valence-electron chi connectivity index (χ2n) is 9.27. The zero-order valence-corrected chi connectivity index (χ0v) is 21.7. The van der Waals surface area contributed by atoms with Crippen molar-refractivity contribution in [3.63, 3.8) is 0 Å². The van der Waals surface area contributed by atoms with Crippen molar-refractivity contribution in [2.24, 2.45) is 4.99 Å². The van der Waals surface area contributed by atoms with Gasteiger partial charge in [0.05, 0.1) is 19.1 Å². The fourth-order valence-electron chi connectivity index (χ4n) is 3.95. The van der Waals surface area contributed by atoms with Crippen LogP contribution >= 0.6 is 24.0 Å². The Morgan fingerprint density at radius 1 is 1.12 bits per heavy atom. The average Bonchev–Trinajstić information content (AvgIpc) is 3.16. The van der Waals surface area contributed by atoms with Gasteiger partial charge in [0.1, 0.15) is 5.60 Å². The Bertz CT molecular complexity index is 1050. The minimum Gasteiger partial charge on any atom is -0.444 e. The number of rotatable bonds is 4. The van der Waals surface area contributed by atoms with Gasteiger partial charge >= 0.3 is 6.09 Å². The van der Waals surface area contributed by atoms with Crippen molar-refractivity contribution in [1.82, 2.24) is 19.7 Å². The lowest BCUT2D eigenvalue weighted by Crippen LogP contribution is -2.57. The summed E-state index contributed by atoms with van der Waals surface area (Å²) < 4.78 is 7.20. The molecular weight excluding hydrogens is 533 g/mol. The van der Waals surface area contributed by atoms with E-state index < -0.39 is 5.60 Å². The average molecular weight is 565 g/mol. The monoisotopic (exact) mass is 565 g/mol. The van der Waals surface area contributed by atoms with Gasteiger partial charge in [-0.25, -0.2) is 4.79 Å². The van der Waals surface area contributed by atoms with Crippen LogP contribution in [0, 0.1) is 0 Å². The molecule has 2 aliphatic rings. The maximum absolute atomic E-state index is 12.4. The molecule has 2 aromatic rings. The number of pyridine rings is 1. The van der Waals surface area contributed by atoms with Crippen LogP contribution < -0.4 is 10.9 Å². The molecule has 1 fully saturated rings. The first-order valence-electron chi connectivity index (χ1n) is 11.0. The molecule has 1 N–H and O–H groups in total. The number of fused-ring (bicyclic) bond motifs is 1. The van der Waals surface area contributed by atoms with Crippen LogP contribution in [-0.2, 0) is 17.8 Å². The first kappa shape index (κ1) is 25.1. The van der Waals surface area contributed by atoms with E-state index in [1.807, 2.05) is 26.8 Å². The number of halogens is 1. The van der Waals surface area contributed by atoms with Gasteiger partial charge in [0.2, 0.25) is 0 Å². The summed E-state index contributed by atoms with van der Waals surface area (Å²) in [6.45, 7) is 9.54. The summed E-state index contributed by atoms with van der Waals surface area (Å²) in [6.07, 6.45) is 1.55. The molecule has 33 heavy (non-hydrogen) atoms. The Morgan fingerprint density at radius 2 is 1.85 bits per heavy atom. The van der Waals surface area contributed by atoms with E-state index in [1.54, 1.807) is 27.8 Å². The number of hydrogen-bond donors (Lipinski definition) is 1. The number of guanidine groups is 1. The molecule has 0 spiro atoms. The molecule has 4 rings (SSSR count). The highest BCUT2D eigenvalue weighted by molar-refractivity contribution is 14.0. The van der Waals surface area contributed by atoms with Crippen LogP contribution in [0.1, 0.15) is 31.9 Å². The normalized spacial score (nSPS) is 17.7. The summed E-state index contributed by atoms with van der Waals surface area (Å²) in [4.78, 5) is 32.9. The van der Waals surface area contributed by atoms with E-state index in [2.05, 4.69) is 39.5 Å². The van der Waals surface area contributed by atoms with E-state index in [0.29, 0.717) is 32.7 Å². The Hall–Kier alpha value is -2.56. The Kier molecular flexibility index (Phi) is 8.04. The quantitative estimate of drug-likeness (QED) is 0.578. The molecule has 9 heteroatoms. The molecule has 3 heterocycles. The number of amides is 1. The number of nitrogens with one attached hydrogen (secondary N) is 1. The molecule has 0 aliphatic carbocycles. The number of piperazine rings is 1. The van der Waals surface area contributed by atoms with Crippen LogP contribution in [0.2, 0.25) is 0 Å². The number of nitrogens with zero attached hydrogens (tertiary/aromatic N) is 4. The molecule has 1 atom stereocenters. The topological polar surface area (TPSA) is 79.2 Å². The van der Waals surface area contributed by atoms with Gasteiger partial charge in [-0.1, -0.05) is 30.3 Å². The summed E-state index contributed by atoms with van der Waals surface area (Å²) in [6, 6.07) is 13.6. The Balaban J connectivity index is 0.00000306.